The van der Waals surface area contributed by atoms with Crippen molar-refractivity contribution in [3.8, 4) is 0 Å². The summed E-state index contributed by atoms with van der Waals surface area (Å²) in [6.45, 7) is 1.83. The van der Waals surface area contributed by atoms with Gasteiger partial charge in [-0.1, -0.05) is 5.16 Å². The molecule has 7 heteroatoms. The van der Waals surface area contributed by atoms with Gasteiger partial charge in [-0.3, -0.25) is 0 Å². The Morgan fingerprint density at radius 3 is 2.60 bits per heavy atom. The van der Waals surface area contributed by atoms with Crippen LogP contribution in [0.3, 0.4) is 0 Å². The standard InChI is InChI=1S/C8H12F3N3O/c1-5(12)3-2-4-6-13-7(14-15-6)8(9,10)11/h5H,2-4,12H2,1H3. The Morgan fingerprint density at radius 2 is 2.13 bits per heavy atom. The van der Waals surface area contributed by atoms with E-state index in [1.807, 2.05) is 6.92 Å². The molecule has 1 rings (SSSR count). The number of aryl methyl sites for hydroxylation is 1. The summed E-state index contributed by atoms with van der Waals surface area (Å²) in [7, 11) is 0. The molecule has 0 amide bonds. The molecule has 0 aliphatic carbocycles. The van der Waals surface area contributed by atoms with Gasteiger partial charge in [0.15, 0.2) is 0 Å². The molecule has 1 heterocycles. The first-order chi connectivity index (χ1) is 6.89. The van der Waals surface area contributed by atoms with Gasteiger partial charge in [-0.25, -0.2) is 0 Å². The third kappa shape index (κ3) is 3.86. The minimum absolute atomic E-state index is 0.00275. The Balaban J connectivity index is 2.47. The Labute approximate surface area is 84.6 Å². The molecule has 1 aromatic rings. The molecule has 86 valence electrons. The topological polar surface area (TPSA) is 64.9 Å². The fourth-order valence-corrected chi connectivity index (χ4v) is 1.05. The van der Waals surface area contributed by atoms with E-state index < -0.39 is 12.0 Å². The van der Waals surface area contributed by atoms with Gasteiger partial charge in [0, 0.05) is 12.5 Å². The normalized spacial score (nSPS) is 14.2. The molecule has 0 saturated heterocycles. The molecule has 15 heavy (non-hydrogen) atoms. The number of alkyl halides is 3. The van der Waals surface area contributed by atoms with E-state index in [9.17, 15) is 13.2 Å². The number of nitrogens with two attached hydrogens (primary N) is 1. The van der Waals surface area contributed by atoms with E-state index in [1.165, 1.54) is 0 Å². The fraction of sp³-hybridized carbons (Fsp3) is 0.750. The molecule has 1 unspecified atom stereocenters. The van der Waals surface area contributed by atoms with Crippen molar-refractivity contribution in [2.75, 3.05) is 0 Å². The minimum Gasteiger partial charge on any atom is -0.339 e. The lowest BCUT2D eigenvalue weighted by atomic mass is 10.1. The minimum atomic E-state index is -4.54. The van der Waals surface area contributed by atoms with Crippen molar-refractivity contribution < 1.29 is 17.7 Å². The lowest BCUT2D eigenvalue weighted by molar-refractivity contribution is -0.146. The second-order valence-corrected chi connectivity index (χ2v) is 3.38. The first-order valence-corrected chi connectivity index (χ1v) is 4.55. The zero-order chi connectivity index (χ0) is 11.5. The van der Waals surface area contributed by atoms with Crippen LogP contribution >= 0.6 is 0 Å². The summed E-state index contributed by atoms with van der Waals surface area (Å²) < 4.78 is 40.6. The average Bonchev–Trinajstić information content (AvgIpc) is 2.51. The maximum absolute atomic E-state index is 12.0. The number of halogens is 3. The van der Waals surface area contributed by atoms with Gasteiger partial charge in [-0.2, -0.15) is 18.2 Å². The number of hydrogen-bond acceptors (Lipinski definition) is 4. The molecule has 0 saturated carbocycles. The van der Waals surface area contributed by atoms with E-state index in [0.29, 0.717) is 19.3 Å². The van der Waals surface area contributed by atoms with Crippen molar-refractivity contribution in [1.82, 2.24) is 10.1 Å². The molecule has 1 aromatic heterocycles. The fourth-order valence-electron chi connectivity index (χ4n) is 1.05. The summed E-state index contributed by atoms with van der Waals surface area (Å²) in [6.07, 6.45) is -2.87. The van der Waals surface area contributed by atoms with Gasteiger partial charge in [0.2, 0.25) is 5.89 Å². The number of hydrogen-bond donors (Lipinski definition) is 1. The van der Waals surface area contributed by atoms with Crippen LogP contribution in [0.4, 0.5) is 13.2 Å². The molecule has 0 aromatic carbocycles. The van der Waals surface area contributed by atoms with Crippen LogP contribution in [0.5, 0.6) is 0 Å². The third-order valence-corrected chi connectivity index (χ3v) is 1.77. The van der Waals surface area contributed by atoms with E-state index in [-0.39, 0.29) is 11.9 Å². The maximum Gasteiger partial charge on any atom is 0.455 e. The van der Waals surface area contributed by atoms with Gasteiger partial charge >= 0.3 is 6.18 Å². The summed E-state index contributed by atoms with van der Waals surface area (Å²) in [5.41, 5.74) is 5.48. The average molecular weight is 223 g/mol. The van der Waals surface area contributed by atoms with Crippen LogP contribution in [0.25, 0.3) is 0 Å². The molecule has 1 atom stereocenters. The first kappa shape index (κ1) is 12.0. The zero-order valence-corrected chi connectivity index (χ0v) is 8.21. The predicted octanol–water partition coefficient (Wildman–Crippen LogP) is 1.76. The molecule has 0 radical (unpaired) electrons. The Morgan fingerprint density at radius 1 is 1.47 bits per heavy atom. The molecule has 0 bridgehead atoms. The monoisotopic (exact) mass is 223 g/mol. The maximum atomic E-state index is 12.0. The summed E-state index contributed by atoms with van der Waals surface area (Å²) in [6, 6.07) is 0.0232. The van der Waals surface area contributed by atoms with Crippen LogP contribution in [-0.4, -0.2) is 16.2 Å². The van der Waals surface area contributed by atoms with Gasteiger partial charge in [0.05, 0.1) is 0 Å². The molecule has 2 N–H and O–H groups in total. The largest absolute Gasteiger partial charge is 0.455 e. The van der Waals surface area contributed by atoms with Gasteiger partial charge < -0.3 is 10.3 Å². The number of nitrogens with zero attached hydrogens (tertiary/aromatic N) is 2. The highest BCUT2D eigenvalue weighted by atomic mass is 19.4. The number of rotatable bonds is 4. The van der Waals surface area contributed by atoms with Crippen LogP contribution in [0, 0.1) is 0 Å². The molecule has 0 aliphatic rings. The molecular weight excluding hydrogens is 211 g/mol. The van der Waals surface area contributed by atoms with Crippen molar-refractivity contribution in [3.05, 3.63) is 11.7 Å². The van der Waals surface area contributed by atoms with Crippen molar-refractivity contribution in [1.29, 1.82) is 0 Å². The zero-order valence-electron chi connectivity index (χ0n) is 8.21. The van der Waals surface area contributed by atoms with E-state index in [0.717, 1.165) is 0 Å². The molecule has 0 aliphatic heterocycles. The highest BCUT2D eigenvalue weighted by molar-refractivity contribution is 4.90. The summed E-state index contributed by atoms with van der Waals surface area (Å²) >= 11 is 0. The lowest BCUT2D eigenvalue weighted by Gasteiger charge is -2.01. The van der Waals surface area contributed by atoms with Crippen molar-refractivity contribution in [2.45, 2.75) is 38.4 Å². The Kier molecular flexibility index (Phi) is 3.67. The van der Waals surface area contributed by atoms with Crippen molar-refractivity contribution in [3.63, 3.8) is 0 Å². The third-order valence-electron chi connectivity index (χ3n) is 1.77. The quantitative estimate of drug-likeness (QED) is 0.844. The van der Waals surface area contributed by atoms with Gasteiger partial charge in [0.25, 0.3) is 5.82 Å². The second kappa shape index (κ2) is 4.61. The summed E-state index contributed by atoms with van der Waals surface area (Å²) in [4.78, 5) is 3.23. The SMILES string of the molecule is CC(N)CCCc1nc(C(F)(F)F)no1. The lowest BCUT2D eigenvalue weighted by Crippen LogP contribution is -2.14. The molecule has 4 nitrogen and oxygen atoms in total. The van der Waals surface area contributed by atoms with E-state index in [1.54, 1.807) is 0 Å². The van der Waals surface area contributed by atoms with Gasteiger partial charge in [-0.15, -0.1) is 0 Å². The van der Waals surface area contributed by atoms with Crippen LogP contribution in [0.2, 0.25) is 0 Å². The molecular formula is C8H12F3N3O. The van der Waals surface area contributed by atoms with E-state index in [4.69, 9.17) is 5.73 Å². The summed E-state index contributed by atoms with van der Waals surface area (Å²) in [5.74, 6) is -1.22. The number of aromatic nitrogens is 2. The van der Waals surface area contributed by atoms with Crippen molar-refractivity contribution >= 4 is 0 Å². The van der Waals surface area contributed by atoms with E-state index >= 15 is 0 Å². The van der Waals surface area contributed by atoms with Gasteiger partial charge in [-0.05, 0) is 19.8 Å². The van der Waals surface area contributed by atoms with E-state index in [2.05, 4.69) is 14.7 Å². The van der Waals surface area contributed by atoms with Gasteiger partial charge in [0.1, 0.15) is 0 Å². The van der Waals surface area contributed by atoms with Crippen LogP contribution in [0.15, 0.2) is 4.52 Å². The highest BCUT2D eigenvalue weighted by Crippen LogP contribution is 2.26. The van der Waals surface area contributed by atoms with Crippen LogP contribution in [-0.2, 0) is 12.6 Å². The highest BCUT2D eigenvalue weighted by Gasteiger charge is 2.37. The van der Waals surface area contributed by atoms with Crippen LogP contribution in [0.1, 0.15) is 31.5 Å². The van der Waals surface area contributed by atoms with Crippen LogP contribution < -0.4 is 5.73 Å². The molecule has 0 spiro atoms. The summed E-state index contributed by atoms with van der Waals surface area (Å²) in [5, 5.41) is 2.84. The molecule has 0 fully saturated rings. The Hall–Kier alpha value is -1.11. The predicted molar refractivity (Wildman–Crippen MR) is 45.9 cm³/mol. The smallest absolute Gasteiger partial charge is 0.339 e. The second-order valence-electron chi connectivity index (χ2n) is 3.38. The Bertz CT molecular complexity index is 308. The first-order valence-electron chi connectivity index (χ1n) is 4.55. The van der Waals surface area contributed by atoms with Crippen molar-refractivity contribution in [2.24, 2.45) is 5.73 Å².